The number of methoxy groups -OCH3 is 2. The first-order valence-corrected chi connectivity index (χ1v) is 6.71. The summed E-state index contributed by atoms with van der Waals surface area (Å²) in [6.07, 6.45) is 3.25. The molecule has 4 nitrogen and oxygen atoms in total. The molecule has 1 aliphatic rings. The minimum Gasteiger partial charge on any atom is -0.497 e. The fourth-order valence-corrected chi connectivity index (χ4v) is 3.03. The number of hydrogen-bond donors (Lipinski definition) is 2. The Labute approximate surface area is 114 Å². The van der Waals surface area contributed by atoms with Crippen molar-refractivity contribution in [3.63, 3.8) is 0 Å². The van der Waals surface area contributed by atoms with Crippen LogP contribution in [0.1, 0.15) is 30.9 Å². The van der Waals surface area contributed by atoms with Gasteiger partial charge in [0.25, 0.3) is 0 Å². The first-order chi connectivity index (χ1) is 9.20. The van der Waals surface area contributed by atoms with Crippen LogP contribution in [-0.2, 0) is 0 Å². The third kappa shape index (κ3) is 2.42. The summed E-state index contributed by atoms with van der Waals surface area (Å²) in [6, 6.07) is 5.88. The van der Waals surface area contributed by atoms with Gasteiger partial charge in [0.05, 0.1) is 20.8 Å². The van der Waals surface area contributed by atoms with Crippen molar-refractivity contribution >= 4 is 0 Å². The molecule has 2 rings (SSSR count). The van der Waals surface area contributed by atoms with Gasteiger partial charge in [-0.15, -0.1) is 0 Å². The molecule has 0 aromatic heterocycles. The maximum atomic E-state index is 9.78. The number of ether oxygens (including phenoxy) is 2. The van der Waals surface area contributed by atoms with E-state index >= 15 is 0 Å². The quantitative estimate of drug-likeness (QED) is 0.827. The molecule has 1 aromatic carbocycles. The second-order valence-electron chi connectivity index (χ2n) is 5.20. The van der Waals surface area contributed by atoms with Gasteiger partial charge in [-0.25, -0.2) is 0 Å². The molecule has 0 amide bonds. The van der Waals surface area contributed by atoms with E-state index in [1.807, 2.05) is 25.2 Å². The Bertz CT molecular complexity index is 424. The largest absolute Gasteiger partial charge is 0.497 e. The first kappa shape index (κ1) is 14.2. The number of benzene rings is 1. The van der Waals surface area contributed by atoms with Gasteiger partial charge in [-0.3, -0.25) is 0 Å². The molecule has 2 N–H and O–H groups in total. The molecular weight excluding hydrogens is 242 g/mol. The highest BCUT2D eigenvalue weighted by molar-refractivity contribution is 5.43. The summed E-state index contributed by atoms with van der Waals surface area (Å²) in [5.41, 5.74) is 0.979. The van der Waals surface area contributed by atoms with Crippen molar-refractivity contribution in [1.82, 2.24) is 5.32 Å². The van der Waals surface area contributed by atoms with E-state index in [9.17, 15) is 5.11 Å². The smallest absolute Gasteiger partial charge is 0.123 e. The lowest BCUT2D eigenvalue weighted by Crippen LogP contribution is -2.44. The highest BCUT2D eigenvalue weighted by atomic mass is 16.5. The highest BCUT2D eigenvalue weighted by Crippen LogP contribution is 2.51. The van der Waals surface area contributed by atoms with Gasteiger partial charge >= 0.3 is 0 Å². The Balaban J connectivity index is 2.41. The lowest BCUT2D eigenvalue weighted by molar-refractivity contribution is 0.00708. The SMILES string of the molecule is CNC(c1cc(OC)ccc1OC)C1(CO)CCC1. The van der Waals surface area contributed by atoms with Crippen LogP contribution in [0.15, 0.2) is 18.2 Å². The van der Waals surface area contributed by atoms with Gasteiger partial charge in [-0.2, -0.15) is 0 Å². The maximum absolute atomic E-state index is 9.78. The summed E-state index contributed by atoms with van der Waals surface area (Å²) < 4.78 is 10.8. The zero-order valence-corrected chi connectivity index (χ0v) is 11.9. The number of aliphatic hydroxyl groups excluding tert-OH is 1. The van der Waals surface area contributed by atoms with E-state index in [4.69, 9.17) is 9.47 Å². The Kier molecular flexibility index (Phi) is 4.32. The van der Waals surface area contributed by atoms with Gasteiger partial charge < -0.3 is 19.9 Å². The minimum atomic E-state index is -0.0750. The second-order valence-corrected chi connectivity index (χ2v) is 5.20. The van der Waals surface area contributed by atoms with Crippen LogP contribution in [0.3, 0.4) is 0 Å². The van der Waals surface area contributed by atoms with Crippen molar-refractivity contribution in [1.29, 1.82) is 0 Å². The number of nitrogens with one attached hydrogen (secondary N) is 1. The minimum absolute atomic E-state index is 0.0750. The van der Waals surface area contributed by atoms with Gasteiger partial charge in [0.2, 0.25) is 0 Å². The monoisotopic (exact) mass is 265 g/mol. The zero-order valence-electron chi connectivity index (χ0n) is 11.9. The van der Waals surface area contributed by atoms with Gasteiger partial charge in [-0.1, -0.05) is 6.42 Å². The summed E-state index contributed by atoms with van der Waals surface area (Å²) in [5.74, 6) is 1.64. The Hall–Kier alpha value is -1.26. The van der Waals surface area contributed by atoms with Crippen LogP contribution in [0.2, 0.25) is 0 Å². The summed E-state index contributed by atoms with van der Waals surface area (Å²) in [4.78, 5) is 0. The molecular formula is C15H23NO3. The van der Waals surface area contributed by atoms with Gasteiger partial charge in [-0.05, 0) is 38.1 Å². The molecule has 0 bridgehead atoms. The predicted octanol–water partition coefficient (Wildman–Crippen LogP) is 2.13. The van der Waals surface area contributed by atoms with Crippen LogP contribution in [0.25, 0.3) is 0 Å². The van der Waals surface area contributed by atoms with Crippen LogP contribution in [0.4, 0.5) is 0 Å². The number of rotatable bonds is 6. The first-order valence-electron chi connectivity index (χ1n) is 6.71. The van der Waals surface area contributed by atoms with E-state index in [-0.39, 0.29) is 18.1 Å². The van der Waals surface area contributed by atoms with Crippen LogP contribution < -0.4 is 14.8 Å². The van der Waals surface area contributed by atoms with E-state index in [1.54, 1.807) is 14.2 Å². The number of hydrogen-bond acceptors (Lipinski definition) is 4. The molecule has 0 aliphatic heterocycles. The molecule has 1 saturated carbocycles. The third-order valence-corrected chi connectivity index (χ3v) is 4.31. The topological polar surface area (TPSA) is 50.7 Å². The van der Waals surface area contributed by atoms with Crippen molar-refractivity contribution in [2.45, 2.75) is 25.3 Å². The Morgan fingerprint density at radius 1 is 1.32 bits per heavy atom. The lowest BCUT2D eigenvalue weighted by Gasteiger charge is -2.47. The van der Waals surface area contributed by atoms with Crippen molar-refractivity contribution in [3.8, 4) is 11.5 Å². The standard InChI is InChI=1S/C15H23NO3/c1-16-14(15(10-17)7-4-8-15)12-9-11(18-2)5-6-13(12)19-3/h5-6,9,14,16-17H,4,7-8,10H2,1-3H3. The van der Waals surface area contributed by atoms with Crippen molar-refractivity contribution in [2.24, 2.45) is 5.41 Å². The van der Waals surface area contributed by atoms with E-state index in [0.717, 1.165) is 29.9 Å². The maximum Gasteiger partial charge on any atom is 0.123 e. The molecule has 1 aromatic rings. The van der Waals surface area contributed by atoms with E-state index in [2.05, 4.69) is 5.32 Å². The molecule has 0 saturated heterocycles. The van der Waals surface area contributed by atoms with Crippen LogP contribution in [0, 0.1) is 5.41 Å². The summed E-state index contributed by atoms with van der Waals surface area (Å²) >= 11 is 0. The second kappa shape index (κ2) is 5.80. The Morgan fingerprint density at radius 3 is 2.47 bits per heavy atom. The van der Waals surface area contributed by atoms with E-state index in [1.165, 1.54) is 6.42 Å². The zero-order chi connectivity index (χ0) is 13.9. The van der Waals surface area contributed by atoms with E-state index in [0.29, 0.717) is 0 Å². The summed E-state index contributed by atoms with van der Waals surface area (Å²) in [5, 5.41) is 13.1. The molecule has 106 valence electrons. The van der Waals surface area contributed by atoms with Crippen molar-refractivity contribution in [3.05, 3.63) is 23.8 Å². The lowest BCUT2D eigenvalue weighted by atomic mass is 9.63. The molecule has 1 atom stereocenters. The van der Waals surface area contributed by atoms with Crippen LogP contribution >= 0.6 is 0 Å². The summed E-state index contributed by atoms with van der Waals surface area (Å²) in [6.45, 7) is 0.193. The molecule has 4 heteroatoms. The van der Waals surface area contributed by atoms with E-state index < -0.39 is 0 Å². The predicted molar refractivity (Wildman–Crippen MR) is 74.7 cm³/mol. The van der Waals surface area contributed by atoms with Gasteiger partial charge in [0.15, 0.2) is 0 Å². The molecule has 19 heavy (non-hydrogen) atoms. The average Bonchev–Trinajstić information content (AvgIpc) is 2.42. The molecule has 1 fully saturated rings. The summed E-state index contributed by atoms with van der Waals surface area (Å²) in [7, 11) is 5.26. The van der Waals surface area contributed by atoms with Crippen molar-refractivity contribution in [2.75, 3.05) is 27.9 Å². The van der Waals surface area contributed by atoms with Crippen LogP contribution in [-0.4, -0.2) is 33.0 Å². The van der Waals surface area contributed by atoms with Gasteiger partial charge in [0.1, 0.15) is 11.5 Å². The highest BCUT2D eigenvalue weighted by Gasteiger charge is 2.44. The fourth-order valence-electron chi connectivity index (χ4n) is 3.03. The van der Waals surface area contributed by atoms with Crippen LogP contribution in [0.5, 0.6) is 11.5 Å². The van der Waals surface area contributed by atoms with Gasteiger partial charge in [0, 0.05) is 17.0 Å². The molecule has 0 heterocycles. The molecule has 1 unspecified atom stereocenters. The average molecular weight is 265 g/mol. The Morgan fingerprint density at radius 2 is 2.05 bits per heavy atom. The molecule has 0 spiro atoms. The fraction of sp³-hybridized carbons (Fsp3) is 0.600. The molecule has 1 aliphatic carbocycles. The third-order valence-electron chi connectivity index (χ3n) is 4.31. The normalized spacial score (nSPS) is 18.5. The van der Waals surface area contributed by atoms with Crippen molar-refractivity contribution < 1.29 is 14.6 Å². The molecule has 0 radical (unpaired) electrons. The number of aliphatic hydroxyl groups is 1.